The first-order valence-electron chi connectivity index (χ1n) is 10.1. The molecule has 8 nitrogen and oxygen atoms in total. The molecule has 0 saturated carbocycles. The van der Waals surface area contributed by atoms with Crippen LogP contribution in [-0.2, 0) is 19.1 Å². The molecule has 8 heteroatoms. The average molecular weight is 442 g/mol. The molecule has 0 aromatic heterocycles. The molecule has 0 amide bonds. The molecule has 0 unspecified atom stereocenters. The van der Waals surface area contributed by atoms with E-state index in [0.717, 1.165) is 0 Å². The van der Waals surface area contributed by atoms with Crippen LogP contribution >= 0.6 is 0 Å². The van der Waals surface area contributed by atoms with Gasteiger partial charge in [0.25, 0.3) is 0 Å². The summed E-state index contributed by atoms with van der Waals surface area (Å²) < 4.78 is 20.3. The largest absolute Gasteiger partial charge is 0.497 e. The Kier molecular flexibility index (Phi) is 8.95. The Balaban J connectivity index is 2.54. The number of carbonyl (C=O) groups excluding carboxylic acids is 4. The highest BCUT2D eigenvalue weighted by Gasteiger charge is 2.46. The van der Waals surface area contributed by atoms with E-state index in [9.17, 15) is 19.2 Å². The summed E-state index contributed by atoms with van der Waals surface area (Å²) in [5, 5.41) is 0. The van der Waals surface area contributed by atoms with Gasteiger partial charge in [0, 0.05) is 11.1 Å². The number of hydrogen-bond acceptors (Lipinski definition) is 8. The van der Waals surface area contributed by atoms with E-state index in [1.165, 1.54) is 38.5 Å². The van der Waals surface area contributed by atoms with Gasteiger partial charge in [-0.15, -0.1) is 0 Å². The Morgan fingerprint density at radius 3 is 1.19 bits per heavy atom. The Morgan fingerprint density at radius 2 is 0.938 bits per heavy atom. The Labute approximate surface area is 186 Å². The lowest BCUT2D eigenvalue weighted by Gasteiger charge is -2.22. The number of ketones is 2. The standard InChI is InChI=1S/C24H26O8/c1-5-31-23(27)19(21(25)15-7-11-17(29-3)12-8-15)20(24(28)32-6-2)22(26)16-9-13-18(30-4)14-10-16/h7-14,19-20H,5-6H2,1-4H3/t19-,20-/m0/s1. The van der Waals surface area contributed by atoms with E-state index >= 15 is 0 Å². The van der Waals surface area contributed by atoms with Gasteiger partial charge in [0.2, 0.25) is 0 Å². The van der Waals surface area contributed by atoms with E-state index in [0.29, 0.717) is 11.5 Å². The maximum absolute atomic E-state index is 13.3. The summed E-state index contributed by atoms with van der Waals surface area (Å²) in [4.78, 5) is 52.3. The van der Waals surface area contributed by atoms with Crippen LogP contribution in [-0.4, -0.2) is 50.9 Å². The molecule has 0 aliphatic carbocycles. The fraction of sp³-hybridized carbons (Fsp3) is 0.333. The van der Waals surface area contributed by atoms with E-state index in [4.69, 9.17) is 18.9 Å². The highest BCUT2D eigenvalue weighted by Crippen LogP contribution is 2.27. The number of esters is 2. The molecule has 0 saturated heterocycles. The molecule has 2 aromatic rings. The molecule has 0 N–H and O–H groups in total. The molecule has 32 heavy (non-hydrogen) atoms. The molecule has 170 valence electrons. The van der Waals surface area contributed by atoms with Crippen LogP contribution in [0.3, 0.4) is 0 Å². The summed E-state index contributed by atoms with van der Waals surface area (Å²) >= 11 is 0. The summed E-state index contributed by atoms with van der Waals surface area (Å²) in [5.74, 6) is -5.83. The quantitative estimate of drug-likeness (QED) is 0.297. The number of carbonyl (C=O) groups is 4. The number of benzene rings is 2. The van der Waals surface area contributed by atoms with Gasteiger partial charge in [-0.25, -0.2) is 0 Å². The second-order valence-electron chi connectivity index (χ2n) is 6.64. The molecule has 0 aliphatic rings. The normalized spacial score (nSPS) is 12.2. The van der Waals surface area contributed by atoms with Crippen LogP contribution in [0.1, 0.15) is 34.6 Å². The SMILES string of the molecule is CCOC(=O)[C@H](C(=O)c1ccc(OC)cc1)[C@H](C(=O)OCC)C(=O)c1ccc(OC)cc1. The van der Waals surface area contributed by atoms with E-state index in [-0.39, 0.29) is 24.3 Å². The van der Waals surface area contributed by atoms with Crippen molar-refractivity contribution < 1.29 is 38.1 Å². The topological polar surface area (TPSA) is 105 Å². The zero-order valence-corrected chi connectivity index (χ0v) is 18.5. The summed E-state index contributed by atoms with van der Waals surface area (Å²) in [7, 11) is 2.95. The lowest BCUT2D eigenvalue weighted by atomic mass is 9.80. The molecular formula is C24H26O8. The van der Waals surface area contributed by atoms with Crippen LogP contribution in [0.15, 0.2) is 48.5 Å². The highest BCUT2D eigenvalue weighted by molar-refractivity contribution is 6.19. The third kappa shape index (κ3) is 5.72. The zero-order chi connectivity index (χ0) is 23.7. The maximum Gasteiger partial charge on any atom is 0.318 e. The van der Waals surface area contributed by atoms with Gasteiger partial charge >= 0.3 is 11.9 Å². The second-order valence-corrected chi connectivity index (χ2v) is 6.64. The van der Waals surface area contributed by atoms with Crippen molar-refractivity contribution in [1.82, 2.24) is 0 Å². The van der Waals surface area contributed by atoms with Crippen LogP contribution in [0.4, 0.5) is 0 Å². The maximum atomic E-state index is 13.3. The molecule has 2 rings (SSSR count). The summed E-state index contributed by atoms with van der Waals surface area (Å²) in [6.45, 7) is 3.07. The number of ether oxygens (including phenoxy) is 4. The van der Waals surface area contributed by atoms with Crippen molar-refractivity contribution in [3.63, 3.8) is 0 Å². The molecule has 0 aliphatic heterocycles. The predicted octanol–water partition coefficient (Wildman–Crippen LogP) is 3.13. The monoisotopic (exact) mass is 442 g/mol. The lowest BCUT2D eigenvalue weighted by Crippen LogP contribution is -2.42. The predicted molar refractivity (Wildman–Crippen MR) is 115 cm³/mol. The molecule has 2 atom stereocenters. The fourth-order valence-corrected chi connectivity index (χ4v) is 3.12. The van der Waals surface area contributed by atoms with E-state index in [1.54, 1.807) is 38.1 Å². The van der Waals surface area contributed by atoms with Crippen molar-refractivity contribution >= 4 is 23.5 Å². The minimum absolute atomic E-state index is 0.0303. The first-order chi connectivity index (χ1) is 15.4. The smallest absolute Gasteiger partial charge is 0.318 e. The Hall–Kier alpha value is -3.68. The van der Waals surface area contributed by atoms with Gasteiger partial charge in [-0.3, -0.25) is 19.2 Å². The van der Waals surface area contributed by atoms with E-state index in [1.807, 2.05) is 0 Å². The molecule has 0 spiro atoms. The first-order valence-corrected chi connectivity index (χ1v) is 10.1. The van der Waals surface area contributed by atoms with Gasteiger partial charge in [-0.05, 0) is 62.4 Å². The first kappa shape index (κ1) is 24.6. The number of hydrogen-bond donors (Lipinski definition) is 0. The molecule has 0 fully saturated rings. The van der Waals surface area contributed by atoms with Crippen LogP contribution in [0, 0.1) is 11.8 Å². The summed E-state index contributed by atoms with van der Waals surface area (Å²) in [6, 6.07) is 12.0. The van der Waals surface area contributed by atoms with Crippen LogP contribution in [0.5, 0.6) is 11.5 Å². The number of Topliss-reactive ketones (excluding diaryl/α,β-unsaturated/α-hetero) is 2. The van der Waals surface area contributed by atoms with Gasteiger partial charge in [-0.2, -0.15) is 0 Å². The van der Waals surface area contributed by atoms with Crippen LogP contribution in [0.25, 0.3) is 0 Å². The van der Waals surface area contributed by atoms with Gasteiger partial charge in [0.05, 0.1) is 27.4 Å². The minimum Gasteiger partial charge on any atom is -0.497 e. The van der Waals surface area contributed by atoms with Gasteiger partial charge in [0.1, 0.15) is 23.3 Å². The Morgan fingerprint density at radius 1 is 0.625 bits per heavy atom. The summed E-state index contributed by atoms with van der Waals surface area (Å²) in [5.41, 5.74) is 0.251. The van der Waals surface area contributed by atoms with Crippen molar-refractivity contribution in [3.8, 4) is 11.5 Å². The Bertz CT molecular complexity index is 867. The van der Waals surface area contributed by atoms with Crippen molar-refractivity contribution in [1.29, 1.82) is 0 Å². The average Bonchev–Trinajstić information content (AvgIpc) is 2.82. The van der Waals surface area contributed by atoms with E-state index in [2.05, 4.69) is 0 Å². The van der Waals surface area contributed by atoms with Gasteiger partial charge < -0.3 is 18.9 Å². The molecule has 0 bridgehead atoms. The van der Waals surface area contributed by atoms with Crippen molar-refractivity contribution in [2.45, 2.75) is 13.8 Å². The van der Waals surface area contributed by atoms with E-state index < -0.39 is 35.3 Å². The molecular weight excluding hydrogens is 416 g/mol. The fourth-order valence-electron chi connectivity index (χ4n) is 3.12. The third-order valence-corrected chi connectivity index (χ3v) is 4.73. The van der Waals surface area contributed by atoms with Gasteiger partial charge in [-0.1, -0.05) is 0 Å². The van der Waals surface area contributed by atoms with Gasteiger partial charge in [0.15, 0.2) is 11.6 Å². The molecule has 0 radical (unpaired) electrons. The number of rotatable bonds is 11. The second kappa shape index (κ2) is 11.6. The minimum atomic E-state index is -1.71. The van der Waals surface area contributed by atoms with Crippen LogP contribution < -0.4 is 9.47 Å². The van der Waals surface area contributed by atoms with Crippen molar-refractivity contribution in [2.75, 3.05) is 27.4 Å². The lowest BCUT2D eigenvalue weighted by molar-refractivity contribution is -0.156. The molecule has 0 heterocycles. The zero-order valence-electron chi connectivity index (χ0n) is 18.5. The van der Waals surface area contributed by atoms with Crippen LogP contribution in [0.2, 0.25) is 0 Å². The highest BCUT2D eigenvalue weighted by atomic mass is 16.5. The van der Waals surface area contributed by atoms with Crippen molar-refractivity contribution in [2.24, 2.45) is 11.8 Å². The van der Waals surface area contributed by atoms with Crippen molar-refractivity contribution in [3.05, 3.63) is 59.7 Å². The molecule has 2 aromatic carbocycles. The summed E-state index contributed by atoms with van der Waals surface area (Å²) in [6.07, 6.45) is 0. The number of methoxy groups -OCH3 is 2. The third-order valence-electron chi connectivity index (χ3n) is 4.73.